The highest BCUT2D eigenvalue weighted by atomic mass is 32.2. The Bertz CT molecular complexity index is 1060. The highest BCUT2D eigenvalue weighted by Gasteiger charge is 2.18. The van der Waals surface area contributed by atoms with Crippen molar-refractivity contribution in [2.45, 2.75) is 18.2 Å². The van der Waals surface area contributed by atoms with Gasteiger partial charge in [0.2, 0.25) is 17.5 Å². The second-order valence-corrected chi connectivity index (χ2v) is 7.65. The van der Waals surface area contributed by atoms with Gasteiger partial charge in [0.1, 0.15) is 0 Å². The number of thioether (sulfide) groups is 1. The van der Waals surface area contributed by atoms with E-state index in [-0.39, 0.29) is 12.3 Å². The molecular weight excluding hydrogens is 448 g/mol. The van der Waals surface area contributed by atoms with Gasteiger partial charge in [-0.15, -0.1) is 10.2 Å². The zero-order valence-corrected chi connectivity index (χ0v) is 19.2. The summed E-state index contributed by atoms with van der Waals surface area (Å²) in [7, 11) is 4.55. The molecule has 0 fully saturated rings. The molecule has 174 valence electrons. The van der Waals surface area contributed by atoms with Crippen LogP contribution in [0, 0.1) is 0 Å². The van der Waals surface area contributed by atoms with E-state index in [1.54, 1.807) is 12.1 Å². The average Bonchev–Trinajstić information content (AvgIpc) is 3.31. The van der Waals surface area contributed by atoms with Crippen molar-refractivity contribution in [1.82, 2.24) is 20.8 Å². The summed E-state index contributed by atoms with van der Waals surface area (Å²) in [5, 5.41) is 13.3. The van der Waals surface area contributed by atoms with Crippen LogP contribution in [0.25, 0.3) is 11.5 Å². The first-order valence-electron chi connectivity index (χ1n) is 9.92. The number of ether oxygens (including phenoxy) is 3. The average molecular weight is 473 g/mol. The third kappa shape index (κ3) is 6.62. The number of carbonyl (C=O) groups is 2. The van der Waals surface area contributed by atoms with Crippen LogP contribution in [0.5, 0.6) is 17.2 Å². The van der Waals surface area contributed by atoms with Gasteiger partial charge in [-0.05, 0) is 17.7 Å². The largest absolute Gasteiger partial charge is 0.493 e. The second-order valence-electron chi connectivity index (χ2n) is 6.60. The molecule has 0 aliphatic rings. The molecule has 0 saturated carbocycles. The lowest BCUT2D eigenvalue weighted by Gasteiger charge is -2.12. The summed E-state index contributed by atoms with van der Waals surface area (Å²) in [5.41, 5.74) is 1.53. The number of nitrogens with zero attached hydrogens (tertiary/aromatic N) is 2. The summed E-state index contributed by atoms with van der Waals surface area (Å²) in [6.45, 7) is 0.334. The molecule has 3 aromatic rings. The highest BCUT2D eigenvalue weighted by Crippen LogP contribution is 2.41. The smallest absolute Gasteiger partial charge is 0.321 e. The number of benzene rings is 2. The molecule has 0 spiro atoms. The summed E-state index contributed by atoms with van der Waals surface area (Å²) in [5.74, 6) is 1.59. The van der Waals surface area contributed by atoms with Crippen molar-refractivity contribution < 1.29 is 28.2 Å². The quantitative estimate of drug-likeness (QED) is 0.428. The normalized spacial score (nSPS) is 10.4. The van der Waals surface area contributed by atoms with Crippen molar-refractivity contribution in [2.24, 2.45) is 0 Å². The van der Waals surface area contributed by atoms with E-state index in [4.69, 9.17) is 18.6 Å². The fourth-order valence-electron chi connectivity index (χ4n) is 2.83. The minimum Gasteiger partial charge on any atom is -0.493 e. The van der Waals surface area contributed by atoms with E-state index in [2.05, 4.69) is 20.8 Å². The molecule has 3 rings (SSSR count). The molecule has 3 amide bonds. The summed E-state index contributed by atoms with van der Waals surface area (Å²) < 4.78 is 21.7. The maximum absolute atomic E-state index is 12.0. The first-order chi connectivity index (χ1) is 16.0. The second kappa shape index (κ2) is 11.8. The van der Waals surface area contributed by atoms with Crippen LogP contribution in [-0.2, 0) is 11.3 Å². The SMILES string of the molecule is COc1cc(-c2nnc(SCCC(=O)NC(=O)NCc3ccccc3)o2)cc(OC)c1OC. The summed E-state index contributed by atoms with van der Waals surface area (Å²) in [4.78, 5) is 23.8. The number of methoxy groups -OCH3 is 3. The number of aromatic nitrogens is 2. The molecule has 0 saturated heterocycles. The third-order valence-electron chi connectivity index (χ3n) is 4.42. The Morgan fingerprint density at radius 2 is 1.70 bits per heavy atom. The molecule has 11 heteroatoms. The van der Waals surface area contributed by atoms with Crippen molar-refractivity contribution in [1.29, 1.82) is 0 Å². The van der Waals surface area contributed by atoms with Gasteiger partial charge in [0.25, 0.3) is 5.22 Å². The maximum Gasteiger partial charge on any atom is 0.321 e. The van der Waals surface area contributed by atoms with Crippen LogP contribution < -0.4 is 24.8 Å². The van der Waals surface area contributed by atoms with Crippen molar-refractivity contribution in [3.05, 3.63) is 48.0 Å². The van der Waals surface area contributed by atoms with Gasteiger partial charge in [0.15, 0.2) is 11.5 Å². The Hall–Kier alpha value is -3.73. The molecule has 0 atom stereocenters. The molecule has 0 bridgehead atoms. The van der Waals surface area contributed by atoms with E-state index in [9.17, 15) is 9.59 Å². The van der Waals surface area contributed by atoms with E-state index >= 15 is 0 Å². The highest BCUT2D eigenvalue weighted by molar-refractivity contribution is 7.99. The molecule has 1 aromatic heterocycles. The van der Waals surface area contributed by atoms with Gasteiger partial charge in [-0.25, -0.2) is 4.79 Å². The molecule has 0 aliphatic heterocycles. The standard InChI is InChI=1S/C22H24N4O6S/c1-29-16-11-15(12-17(30-2)19(16)31-3)20-25-26-22(32-20)33-10-9-18(27)24-21(28)23-13-14-7-5-4-6-8-14/h4-8,11-12H,9-10,13H2,1-3H3,(H2,23,24,27,28). The number of rotatable bonds is 10. The lowest BCUT2D eigenvalue weighted by Crippen LogP contribution is -2.39. The molecule has 1 heterocycles. The Kier molecular flexibility index (Phi) is 8.53. The number of amides is 3. The molecule has 0 radical (unpaired) electrons. The van der Waals surface area contributed by atoms with Gasteiger partial charge >= 0.3 is 6.03 Å². The van der Waals surface area contributed by atoms with E-state index in [1.165, 1.54) is 33.1 Å². The summed E-state index contributed by atoms with van der Waals surface area (Å²) in [6.07, 6.45) is 0.102. The fraction of sp³-hybridized carbons (Fsp3) is 0.273. The minimum absolute atomic E-state index is 0.102. The lowest BCUT2D eigenvalue weighted by molar-refractivity contribution is -0.119. The summed E-state index contributed by atoms with van der Waals surface area (Å²) in [6, 6.07) is 12.3. The van der Waals surface area contributed by atoms with Crippen molar-refractivity contribution >= 4 is 23.7 Å². The molecule has 33 heavy (non-hydrogen) atoms. The van der Waals surface area contributed by atoms with Crippen molar-refractivity contribution in [3.8, 4) is 28.7 Å². The van der Waals surface area contributed by atoms with Gasteiger partial charge in [-0.2, -0.15) is 0 Å². The first kappa shape index (κ1) is 23.9. The molecule has 2 N–H and O–H groups in total. The van der Waals surface area contributed by atoms with Crippen LogP contribution in [-0.4, -0.2) is 49.2 Å². The monoisotopic (exact) mass is 472 g/mol. The van der Waals surface area contributed by atoms with Gasteiger partial charge < -0.3 is 23.9 Å². The van der Waals surface area contributed by atoms with E-state index in [1.807, 2.05) is 30.3 Å². The van der Waals surface area contributed by atoms with Crippen LogP contribution in [0.4, 0.5) is 4.79 Å². The Labute approximate surface area is 195 Å². The zero-order chi connectivity index (χ0) is 23.6. The van der Waals surface area contributed by atoms with Crippen LogP contribution in [0.1, 0.15) is 12.0 Å². The summed E-state index contributed by atoms with van der Waals surface area (Å²) >= 11 is 1.21. The molecule has 10 nitrogen and oxygen atoms in total. The van der Waals surface area contributed by atoms with Crippen molar-refractivity contribution in [3.63, 3.8) is 0 Å². The van der Waals surface area contributed by atoms with E-state index in [0.29, 0.717) is 40.3 Å². The minimum atomic E-state index is -0.545. The molecule has 0 unspecified atom stereocenters. The Morgan fingerprint density at radius 3 is 2.33 bits per heavy atom. The van der Waals surface area contributed by atoms with Crippen LogP contribution >= 0.6 is 11.8 Å². The third-order valence-corrected chi connectivity index (χ3v) is 5.24. The Morgan fingerprint density at radius 1 is 1.00 bits per heavy atom. The van der Waals surface area contributed by atoms with Gasteiger partial charge in [-0.1, -0.05) is 42.1 Å². The van der Waals surface area contributed by atoms with Gasteiger partial charge in [-0.3, -0.25) is 10.1 Å². The number of hydrogen-bond acceptors (Lipinski definition) is 9. The van der Waals surface area contributed by atoms with Crippen LogP contribution in [0.2, 0.25) is 0 Å². The lowest BCUT2D eigenvalue weighted by atomic mass is 10.2. The van der Waals surface area contributed by atoms with Crippen LogP contribution in [0.3, 0.4) is 0 Å². The maximum atomic E-state index is 12.0. The number of imide groups is 1. The number of carbonyl (C=O) groups excluding carboxylic acids is 2. The van der Waals surface area contributed by atoms with Crippen molar-refractivity contribution in [2.75, 3.05) is 27.1 Å². The molecule has 0 aliphatic carbocycles. The van der Waals surface area contributed by atoms with Crippen LogP contribution in [0.15, 0.2) is 52.1 Å². The number of hydrogen-bond donors (Lipinski definition) is 2. The topological polar surface area (TPSA) is 125 Å². The number of nitrogens with one attached hydrogen (secondary N) is 2. The first-order valence-corrected chi connectivity index (χ1v) is 10.9. The van der Waals surface area contributed by atoms with Gasteiger partial charge in [0.05, 0.1) is 21.3 Å². The zero-order valence-electron chi connectivity index (χ0n) is 18.4. The predicted octanol–water partition coefficient (Wildman–Crippen LogP) is 3.27. The fourth-order valence-corrected chi connectivity index (χ4v) is 3.53. The predicted molar refractivity (Wildman–Crippen MR) is 122 cm³/mol. The molecule has 2 aromatic carbocycles. The van der Waals surface area contributed by atoms with Gasteiger partial charge in [0, 0.05) is 24.3 Å². The van der Waals surface area contributed by atoms with E-state index in [0.717, 1.165) is 5.56 Å². The molecular formula is C22H24N4O6S. The number of urea groups is 1. The Balaban J connectivity index is 1.49. The van der Waals surface area contributed by atoms with E-state index < -0.39 is 11.9 Å².